The molecular formula is C14H23N3O2S. The average Bonchev–Trinajstić information content (AvgIpc) is 3.23. The van der Waals surface area contributed by atoms with Gasteiger partial charge in [0.2, 0.25) is 10.0 Å². The molecule has 1 saturated carbocycles. The zero-order valence-corrected chi connectivity index (χ0v) is 13.0. The Balaban J connectivity index is 2.23. The highest BCUT2D eigenvalue weighted by Gasteiger charge is 2.31. The second-order valence-electron chi connectivity index (χ2n) is 5.21. The standard InChI is InChI=1S/C14H23N3O2S/c1-3-9-17(11-12-5-6-12)20(18,19)13-7-8-16-14(10-13)15-4-2/h7-8,10,12H,3-6,9,11H2,1-2H3,(H,15,16). The summed E-state index contributed by atoms with van der Waals surface area (Å²) in [5, 5.41) is 3.05. The van der Waals surface area contributed by atoms with Gasteiger partial charge in [-0.1, -0.05) is 6.92 Å². The maximum absolute atomic E-state index is 12.7. The third-order valence-corrected chi connectivity index (χ3v) is 5.22. The predicted molar refractivity (Wildman–Crippen MR) is 80.2 cm³/mol. The molecule has 1 N–H and O–H groups in total. The van der Waals surface area contributed by atoms with Crippen LogP contribution in [0.1, 0.15) is 33.1 Å². The van der Waals surface area contributed by atoms with Crippen molar-refractivity contribution in [3.8, 4) is 0 Å². The molecule has 0 spiro atoms. The summed E-state index contributed by atoms with van der Waals surface area (Å²) in [5.74, 6) is 1.16. The van der Waals surface area contributed by atoms with Gasteiger partial charge in [-0.3, -0.25) is 0 Å². The number of sulfonamides is 1. The SMILES string of the molecule is CCCN(CC1CC1)S(=O)(=O)c1ccnc(NCC)c1. The van der Waals surface area contributed by atoms with Crippen molar-refractivity contribution >= 4 is 15.8 Å². The Bertz CT molecular complexity index is 541. The van der Waals surface area contributed by atoms with Crippen LogP contribution in [0.3, 0.4) is 0 Å². The van der Waals surface area contributed by atoms with Crippen molar-refractivity contribution in [2.75, 3.05) is 25.0 Å². The molecule has 0 unspecified atom stereocenters. The van der Waals surface area contributed by atoms with Crippen LogP contribution in [0.5, 0.6) is 0 Å². The van der Waals surface area contributed by atoms with Gasteiger partial charge in [0, 0.05) is 31.9 Å². The molecular weight excluding hydrogens is 274 g/mol. The highest BCUT2D eigenvalue weighted by molar-refractivity contribution is 7.89. The number of nitrogens with zero attached hydrogens (tertiary/aromatic N) is 2. The lowest BCUT2D eigenvalue weighted by Crippen LogP contribution is -2.33. The molecule has 6 heteroatoms. The summed E-state index contributed by atoms with van der Waals surface area (Å²) in [6.07, 6.45) is 4.67. The summed E-state index contributed by atoms with van der Waals surface area (Å²) in [6.45, 7) is 5.91. The second-order valence-corrected chi connectivity index (χ2v) is 7.15. The molecule has 20 heavy (non-hydrogen) atoms. The number of hydrogen-bond acceptors (Lipinski definition) is 4. The van der Waals surface area contributed by atoms with Crippen molar-refractivity contribution < 1.29 is 8.42 Å². The first-order chi connectivity index (χ1) is 9.57. The van der Waals surface area contributed by atoms with Crippen LogP contribution in [-0.4, -0.2) is 37.3 Å². The maximum Gasteiger partial charge on any atom is 0.243 e. The van der Waals surface area contributed by atoms with E-state index in [4.69, 9.17) is 0 Å². The van der Waals surface area contributed by atoms with E-state index >= 15 is 0 Å². The molecule has 0 aromatic carbocycles. The molecule has 1 heterocycles. The minimum Gasteiger partial charge on any atom is -0.370 e. The van der Waals surface area contributed by atoms with E-state index in [1.807, 2.05) is 13.8 Å². The van der Waals surface area contributed by atoms with E-state index in [2.05, 4.69) is 10.3 Å². The van der Waals surface area contributed by atoms with E-state index in [0.29, 0.717) is 29.7 Å². The molecule has 1 aliphatic carbocycles. The van der Waals surface area contributed by atoms with Gasteiger partial charge in [-0.05, 0) is 38.2 Å². The van der Waals surface area contributed by atoms with E-state index < -0.39 is 10.0 Å². The van der Waals surface area contributed by atoms with Crippen LogP contribution in [0.2, 0.25) is 0 Å². The molecule has 1 aromatic heterocycles. The Labute approximate surface area is 121 Å². The Hall–Kier alpha value is -1.14. The van der Waals surface area contributed by atoms with Gasteiger partial charge in [-0.15, -0.1) is 0 Å². The third kappa shape index (κ3) is 3.70. The lowest BCUT2D eigenvalue weighted by Gasteiger charge is -2.21. The minimum absolute atomic E-state index is 0.331. The first-order valence-electron chi connectivity index (χ1n) is 7.28. The lowest BCUT2D eigenvalue weighted by atomic mass is 10.4. The fourth-order valence-corrected chi connectivity index (χ4v) is 3.77. The number of hydrogen-bond donors (Lipinski definition) is 1. The number of nitrogens with one attached hydrogen (secondary N) is 1. The van der Waals surface area contributed by atoms with Crippen molar-refractivity contribution in [1.29, 1.82) is 0 Å². The summed E-state index contributed by atoms with van der Waals surface area (Å²) in [7, 11) is -3.41. The van der Waals surface area contributed by atoms with Gasteiger partial charge >= 0.3 is 0 Å². The molecule has 112 valence electrons. The van der Waals surface area contributed by atoms with Crippen molar-refractivity contribution in [1.82, 2.24) is 9.29 Å². The molecule has 1 aliphatic rings. The van der Waals surface area contributed by atoms with Crippen molar-refractivity contribution in [2.24, 2.45) is 5.92 Å². The van der Waals surface area contributed by atoms with Gasteiger partial charge in [0.05, 0.1) is 4.90 Å². The largest absolute Gasteiger partial charge is 0.370 e. The van der Waals surface area contributed by atoms with E-state index in [1.54, 1.807) is 22.6 Å². The molecule has 0 radical (unpaired) electrons. The number of aromatic nitrogens is 1. The topological polar surface area (TPSA) is 62.3 Å². The van der Waals surface area contributed by atoms with Crippen LogP contribution < -0.4 is 5.32 Å². The van der Waals surface area contributed by atoms with Crippen LogP contribution >= 0.6 is 0 Å². The molecule has 5 nitrogen and oxygen atoms in total. The van der Waals surface area contributed by atoms with Crippen LogP contribution in [0.25, 0.3) is 0 Å². The molecule has 0 bridgehead atoms. The Morgan fingerprint density at radius 2 is 2.15 bits per heavy atom. The fraction of sp³-hybridized carbons (Fsp3) is 0.643. The van der Waals surface area contributed by atoms with Crippen molar-refractivity contribution in [3.05, 3.63) is 18.3 Å². The number of anilines is 1. The molecule has 1 aromatic rings. The normalized spacial score (nSPS) is 15.6. The minimum atomic E-state index is -3.41. The molecule has 0 amide bonds. The molecule has 1 fully saturated rings. The smallest absolute Gasteiger partial charge is 0.243 e. The van der Waals surface area contributed by atoms with E-state index in [1.165, 1.54) is 0 Å². The Morgan fingerprint density at radius 3 is 2.75 bits per heavy atom. The summed E-state index contributed by atoms with van der Waals surface area (Å²) < 4.78 is 27.0. The summed E-state index contributed by atoms with van der Waals surface area (Å²) in [6, 6.07) is 3.19. The van der Waals surface area contributed by atoms with Gasteiger partial charge < -0.3 is 5.32 Å². The zero-order valence-electron chi connectivity index (χ0n) is 12.2. The lowest BCUT2D eigenvalue weighted by molar-refractivity contribution is 0.395. The molecule has 2 rings (SSSR count). The molecule has 0 atom stereocenters. The number of rotatable bonds is 8. The Morgan fingerprint density at radius 1 is 1.40 bits per heavy atom. The highest BCUT2D eigenvalue weighted by atomic mass is 32.2. The monoisotopic (exact) mass is 297 g/mol. The number of pyridine rings is 1. The van der Waals surface area contributed by atoms with Crippen molar-refractivity contribution in [3.63, 3.8) is 0 Å². The quantitative estimate of drug-likeness (QED) is 0.800. The molecule has 0 saturated heterocycles. The maximum atomic E-state index is 12.7. The first-order valence-corrected chi connectivity index (χ1v) is 8.72. The van der Waals surface area contributed by atoms with E-state index in [9.17, 15) is 8.42 Å². The van der Waals surface area contributed by atoms with Crippen LogP contribution in [0.4, 0.5) is 5.82 Å². The van der Waals surface area contributed by atoms with Crippen LogP contribution in [-0.2, 0) is 10.0 Å². The summed E-state index contributed by atoms with van der Waals surface area (Å²) in [5.41, 5.74) is 0. The van der Waals surface area contributed by atoms with Crippen molar-refractivity contribution in [2.45, 2.75) is 38.0 Å². The van der Waals surface area contributed by atoms with Gasteiger partial charge in [0.15, 0.2) is 0 Å². The Kier molecular flexibility index (Phi) is 4.99. The van der Waals surface area contributed by atoms with E-state index in [0.717, 1.165) is 25.8 Å². The predicted octanol–water partition coefficient (Wildman–Crippen LogP) is 2.32. The average molecular weight is 297 g/mol. The van der Waals surface area contributed by atoms with Gasteiger partial charge in [0.25, 0.3) is 0 Å². The first kappa shape index (κ1) is 15.3. The summed E-state index contributed by atoms with van der Waals surface area (Å²) >= 11 is 0. The second kappa shape index (κ2) is 6.54. The summed E-state index contributed by atoms with van der Waals surface area (Å²) in [4.78, 5) is 4.46. The van der Waals surface area contributed by atoms with E-state index in [-0.39, 0.29) is 0 Å². The third-order valence-electron chi connectivity index (χ3n) is 3.36. The van der Waals surface area contributed by atoms with Gasteiger partial charge in [-0.2, -0.15) is 4.31 Å². The van der Waals surface area contributed by atoms with Gasteiger partial charge in [0.1, 0.15) is 5.82 Å². The zero-order chi connectivity index (χ0) is 14.6. The highest BCUT2D eigenvalue weighted by Crippen LogP contribution is 2.31. The van der Waals surface area contributed by atoms with Gasteiger partial charge in [-0.25, -0.2) is 13.4 Å². The van der Waals surface area contributed by atoms with Crippen LogP contribution in [0.15, 0.2) is 23.2 Å². The van der Waals surface area contributed by atoms with Crippen LogP contribution in [0, 0.1) is 5.92 Å². The molecule has 0 aliphatic heterocycles. The fourth-order valence-electron chi connectivity index (χ4n) is 2.15.